The standard InChI is InChI=1S/C22H28ClFN2O3S/c1-26(2)19(16-8-10-17(24)11-9-16)15-6-4-14(5-7-15)12-25-22(27)29-18-13-30-21(23)20(18)28-3/h8-11,13-15,19H,4-7,12H2,1-3H3,(H,25,27). The number of ether oxygens (including phenoxy) is 2. The smallest absolute Gasteiger partial charge is 0.412 e. The number of nitrogens with one attached hydrogen (secondary N) is 1. The minimum absolute atomic E-state index is 0.208. The second kappa shape index (κ2) is 10.5. The van der Waals surface area contributed by atoms with Gasteiger partial charge in [0.25, 0.3) is 0 Å². The Hall–Kier alpha value is -1.83. The average Bonchev–Trinajstić information content (AvgIpc) is 3.07. The predicted molar refractivity (Wildman–Crippen MR) is 118 cm³/mol. The van der Waals surface area contributed by atoms with Gasteiger partial charge in [-0.3, -0.25) is 0 Å². The molecule has 1 saturated carbocycles. The summed E-state index contributed by atoms with van der Waals surface area (Å²) >= 11 is 7.26. The van der Waals surface area contributed by atoms with Gasteiger partial charge in [-0.15, -0.1) is 11.3 Å². The lowest BCUT2D eigenvalue weighted by molar-refractivity contribution is 0.146. The van der Waals surface area contributed by atoms with Crippen LogP contribution in [0.5, 0.6) is 11.5 Å². The largest absolute Gasteiger partial charge is 0.491 e. The maximum absolute atomic E-state index is 13.3. The van der Waals surface area contributed by atoms with Crippen LogP contribution >= 0.6 is 22.9 Å². The van der Waals surface area contributed by atoms with E-state index < -0.39 is 6.09 Å². The molecule has 1 heterocycles. The third kappa shape index (κ3) is 5.65. The molecule has 30 heavy (non-hydrogen) atoms. The lowest BCUT2D eigenvalue weighted by Gasteiger charge is -2.37. The lowest BCUT2D eigenvalue weighted by atomic mass is 9.76. The number of hydrogen-bond donors (Lipinski definition) is 1. The van der Waals surface area contributed by atoms with Crippen molar-refractivity contribution in [2.45, 2.75) is 31.7 Å². The number of rotatable bonds is 7. The Kier molecular flexibility index (Phi) is 7.97. The van der Waals surface area contributed by atoms with E-state index in [1.54, 1.807) is 5.38 Å². The number of carbonyl (C=O) groups is 1. The van der Waals surface area contributed by atoms with Gasteiger partial charge in [0.05, 0.1) is 7.11 Å². The monoisotopic (exact) mass is 454 g/mol. The van der Waals surface area contributed by atoms with E-state index in [1.165, 1.54) is 30.6 Å². The molecule has 1 fully saturated rings. The Labute approximate surface area is 186 Å². The quantitative estimate of drug-likeness (QED) is 0.579. The molecular formula is C22H28ClFN2O3S. The van der Waals surface area contributed by atoms with Crippen molar-refractivity contribution in [3.8, 4) is 11.5 Å². The highest BCUT2D eigenvalue weighted by molar-refractivity contribution is 7.15. The fourth-order valence-electron chi connectivity index (χ4n) is 4.28. The van der Waals surface area contributed by atoms with Crippen LogP contribution in [0.4, 0.5) is 9.18 Å². The first kappa shape index (κ1) is 22.8. The molecule has 1 aromatic heterocycles. The van der Waals surface area contributed by atoms with Gasteiger partial charge in [-0.1, -0.05) is 23.7 Å². The summed E-state index contributed by atoms with van der Waals surface area (Å²) in [4.78, 5) is 14.4. The summed E-state index contributed by atoms with van der Waals surface area (Å²) in [7, 11) is 5.63. The second-order valence-corrected chi connectivity index (χ2v) is 9.40. The maximum Gasteiger partial charge on any atom is 0.412 e. The van der Waals surface area contributed by atoms with Crippen molar-refractivity contribution in [2.75, 3.05) is 27.7 Å². The molecule has 1 N–H and O–H groups in total. The summed E-state index contributed by atoms with van der Waals surface area (Å²) in [5.41, 5.74) is 1.15. The number of carbonyl (C=O) groups excluding carboxylic acids is 1. The summed E-state index contributed by atoms with van der Waals surface area (Å²) in [5.74, 6) is 1.43. The highest BCUT2D eigenvalue weighted by atomic mass is 35.5. The zero-order chi connectivity index (χ0) is 21.7. The fraction of sp³-hybridized carbons (Fsp3) is 0.500. The molecule has 0 spiro atoms. The van der Waals surface area contributed by atoms with Crippen molar-refractivity contribution in [1.29, 1.82) is 0 Å². The Morgan fingerprint density at radius 3 is 2.53 bits per heavy atom. The number of methoxy groups -OCH3 is 1. The van der Waals surface area contributed by atoms with Gasteiger partial charge in [-0.25, -0.2) is 9.18 Å². The molecule has 2 aromatic rings. The van der Waals surface area contributed by atoms with E-state index in [-0.39, 0.29) is 11.9 Å². The lowest BCUT2D eigenvalue weighted by Crippen LogP contribution is -2.35. The molecule has 1 aromatic carbocycles. The van der Waals surface area contributed by atoms with Gasteiger partial charge >= 0.3 is 6.09 Å². The number of thiophene rings is 1. The maximum atomic E-state index is 13.3. The van der Waals surface area contributed by atoms with E-state index in [1.807, 2.05) is 12.1 Å². The fourth-order valence-corrected chi connectivity index (χ4v) is 5.24. The number of nitrogens with zero attached hydrogens (tertiary/aromatic N) is 1. The third-order valence-electron chi connectivity index (χ3n) is 5.72. The van der Waals surface area contributed by atoms with Crippen LogP contribution < -0.4 is 14.8 Å². The normalized spacial score (nSPS) is 20.1. The minimum atomic E-state index is -0.498. The highest BCUT2D eigenvalue weighted by Gasteiger charge is 2.30. The summed E-state index contributed by atoms with van der Waals surface area (Å²) in [6, 6.07) is 7.09. The van der Waals surface area contributed by atoms with E-state index in [2.05, 4.69) is 24.3 Å². The van der Waals surface area contributed by atoms with E-state index >= 15 is 0 Å². The molecule has 0 bridgehead atoms. The van der Waals surface area contributed by atoms with Gasteiger partial charge in [0, 0.05) is 18.0 Å². The Balaban J connectivity index is 1.48. The van der Waals surface area contributed by atoms with Crippen molar-refractivity contribution in [1.82, 2.24) is 10.2 Å². The number of halogens is 2. The molecule has 1 aliphatic rings. The zero-order valence-electron chi connectivity index (χ0n) is 17.5. The van der Waals surface area contributed by atoms with E-state index in [0.29, 0.717) is 34.2 Å². The molecule has 8 heteroatoms. The second-order valence-electron chi connectivity index (χ2n) is 7.92. The summed E-state index contributed by atoms with van der Waals surface area (Å²) in [6.07, 6.45) is 3.70. The van der Waals surface area contributed by atoms with E-state index in [0.717, 1.165) is 31.2 Å². The molecule has 0 aliphatic heterocycles. The van der Waals surface area contributed by atoms with E-state index in [4.69, 9.17) is 21.1 Å². The van der Waals surface area contributed by atoms with Crippen LogP contribution in [0.25, 0.3) is 0 Å². The van der Waals surface area contributed by atoms with Crippen molar-refractivity contribution in [3.63, 3.8) is 0 Å². The van der Waals surface area contributed by atoms with E-state index in [9.17, 15) is 9.18 Å². The first-order chi connectivity index (χ1) is 14.4. The molecule has 1 amide bonds. The topological polar surface area (TPSA) is 50.8 Å². The SMILES string of the molecule is COc1c(OC(=O)NCC2CCC(C(c3ccc(F)cc3)N(C)C)CC2)csc1Cl. The molecule has 1 aliphatic carbocycles. The van der Waals surface area contributed by atoms with Crippen LogP contribution in [-0.2, 0) is 0 Å². The van der Waals surface area contributed by atoms with Crippen LogP contribution in [0, 0.1) is 17.7 Å². The minimum Gasteiger partial charge on any atom is -0.491 e. The van der Waals surface area contributed by atoms with Crippen LogP contribution in [-0.4, -0.2) is 38.7 Å². The van der Waals surface area contributed by atoms with Crippen molar-refractivity contribution in [2.24, 2.45) is 11.8 Å². The first-order valence-electron chi connectivity index (χ1n) is 10.1. The van der Waals surface area contributed by atoms with Gasteiger partial charge < -0.3 is 19.7 Å². The number of hydrogen-bond acceptors (Lipinski definition) is 5. The first-order valence-corrected chi connectivity index (χ1v) is 11.3. The van der Waals surface area contributed by atoms with Gasteiger partial charge in [0.15, 0.2) is 11.5 Å². The molecule has 1 atom stereocenters. The highest BCUT2D eigenvalue weighted by Crippen LogP contribution is 2.41. The predicted octanol–water partition coefficient (Wildman–Crippen LogP) is 5.75. The van der Waals surface area contributed by atoms with Crippen molar-refractivity contribution >= 4 is 29.0 Å². The molecule has 3 rings (SSSR count). The molecular weight excluding hydrogens is 427 g/mol. The van der Waals surface area contributed by atoms with Crippen LogP contribution in [0.15, 0.2) is 29.6 Å². The van der Waals surface area contributed by atoms with Gasteiger partial charge in [0.2, 0.25) is 0 Å². The molecule has 164 valence electrons. The van der Waals surface area contributed by atoms with Gasteiger partial charge in [0.1, 0.15) is 10.2 Å². The van der Waals surface area contributed by atoms with Crippen molar-refractivity contribution < 1.29 is 18.7 Å². The molecule has 1 unspecified atom stereocenters. The zero-order valence-corrected chi connectivity index (χ0v) is 19.1. The third-order valence-corrected chi connectivity index (χ3v) is 6.88. The number of amides is 1. The van der Waals surface area contributed by atoms with Crippen LogP contribution in [0.1, 0.15) is 37.3 Å². The average molecular weight is 455 g/mol. The van der Waals surface area contributed by atoms with Gasteiger partial charge in [-0.05, 0) is 69.3 Å². The molecule has 0 saturated heterocycles. The molecule has 5 nitrogen and oxygen atoms in total. The Morgan fingerprint density at radius 2 is 1.93 bits per heavy atom. The Bertz CT molecular complexity index is 835. The molecule has 0 radical (unpaired) electrons. The van der Waals surface area contributed by atoms with Crippen LogP contribution in [0.3, 0.4) is 0 Å². The van der Waals surface area contributed by atoms with Gasteiger partial charge in [-0.2, -0.15) is 0 Å². The number of benzene rings is 1. The van der Waals surface area contributed by atoms with Crippen LogP contribution in [0.2, 0.25) is 4.34 Å². The van der Waals surface area contributed by atoms with Crippen molar-refractivity contribution in [3.05, 3.63) is 45.4 Å². The summed E-state index contributed by atoms with van der Waals surface area (Å²) in [5, 5.41) is 4.51. The summed E-state index contributed by atoms with van der Waals surface area (Å²) in [6.45, 7) is 0.578. The summed E-state index contributed by atoms with van der Waals surface area (Å²) < 4.78 is 24.2. The Morgan fingerprint density at radius 1 is 1.27 bits per heavy atom.